The third kappa shape index (κ3) is 4.17. The van der Waals surface area contributed by atoms with Gasteiger partial charge in [0.1, 0.15) is 5.76 Å². The van der Waals surface area contributed by atoms with Crippen LogP contribution < -0.4 is 0 Å². The third-order valence-corrected chi connectivity index (χ3v) is 5.96. The molecule has 0 amide bonds. The summed E-state index contributed by atoms with van der Waals surface area (Å²) in [5.74, 6) is -1.42. The summed E-state index contributed by atoms with van der Waals surface area (Å²) in [5.41, 5.74) is 6.02. The van der Waals surface area contributed by atoms with Crippen LogP contribution in [0.15, 0.2) is 60.4 Å². The first-order chi connectivity index (χ1) is 15.1. The van der Waals surface area contributed by atoms with Gasteiger partial charge in [0, 0.05) is 39.4 Å². The van der Waals surface area contributed by atoms with Gasteiger partial charge in [0.25, 0.3) is 0 Å². The van der Waals surface area contributed by atoms with Gasteiger partial charge in [-0.15, -0.1) is 23.3 Å². The zero-order chi connectivity index (χ0) is 23.2. The molecule has 1 aliphatic carbocycles. The van der Waals surface area contributed by atoms with Crippen LogP contribution in [0.4, 0.5) is 0 Å². The van der Waals surface area contributed by atoms with Crippen molar-refractivity contribution in [1.29, 1.82) is 0 Å². The van der Waals surface area contributed by atoms with Crippen molar-refractivity contribution in [2.75, 3.05) is 0 Å². The summed E-state index contributed by atoms with van der Waals surface area (Å²) < 4.78 is 0. The van der Waals surface area contributed by atoms with E-state index in [4.69, 9.17) is 15.2 Å². The number of carbonyl (C=O) groups excluding carboxylic acids is 1. The molecule has 0 unspecified atom stereocenters. The molecule has 1 aliphatic rings. The fourth-order valence-electron chi connectivity index (χ4n) is 4.48. The van der Waals surface area contributed by atoms with Crippen molar-refractivity contribution in [2.24, 2.45) is 0 Å². The number of Topliss-reactive ketones (excluding diaryl/α,β-unsaturated/α-hetero) is 1. The van der Waals surface area contributed by atoms with Gasteiger partial charge < -0.3 is 15.2 Å². The van der Waals surface area contributed by atoms with E-state index in [0.717, 1.165) is 16.6 Å². The van der Waals surface area contributed by atoms with Crippen LogP contribution in [0.5, 0.6) is 0 Å². The third-order valence-electron chi connectivity index (χ3n) is 5.96. The van der Waals surface area contributed by atoms with Gasteiger partial charge in [-0.2, -0.15) is 0 Å². The number of carbonyl (C=O) groups is 1. The number of rotatable bonds is 1. The summed E-state index contributed by atoms with van der Waals surface area (Å²) in [7, 11) is 0. The van der Waals surface area contributed by atoms with E-state index in [-0.39, 0.29) is 31.3 Å². The smallest absolute Gasteiger partial charge is 0.197 e. The van der Waals surface area contributed by atoms with E-state index >= 15 is 0 Å². The van der Waals surface area contributed by atoms with Crippen LogP contribution in [-0.2, 0) is 30.3 Å². The van der Waals surface area contributed by atoms with Crippen LogP contribution in [0.25, 0.3) is 32.8 Å². The second-order valence-corrected chi connectivity index (χ2v) is 8.69. The molecule has 2 aromatic heterocycles. The topological polar surface area (TPSA) is 83.3 Å². The zero-order valence-electron chi connectivity index (χ0n) is 19.1. The Labute approximate surface area is 206 Å². The maximum absolute atomic E-state index is 10.1. The number of fused-ring (bicyclic) bond motifs is 4. The summed E-state index contributed by atoms with van der Waals surface area (Å²) in [6.07, 6.45) is 5.70. The van der Waals surface area contributed by atoms with E-state index in [1.807, 2.05) is 24.7 Å². The molecule has 0 saturated carbocycles. The first-order valence-electron chi connectivity index (χ1n) is 10.4. The molecule has 1 radical (unpaired) electrons. The molecule has 5 nitrogen and oxygen atoms in total. The van der Waals surface area contributed by atoms with Crippen LogP contribution in [0, 0.1) is 13.0 Å². The first kappa shape index (κ1) is 24.6. The molecule has 0 spiro atoms. The Bertz CT molecular complexity index is 1420. The van der Waals surface area contributed by atoms with E-state index in [2.05, 4.69) is 56.1 Å². The molecule has 2 heterocycles. The molecule has 0 aliphatic heterocycles. The molecule has 33 heavy (non-hydrogen) atoms. The standard InChI is InChI=1S/C22H17N2.C5H8O3.Ir/c1-13-10-14-6-9-24-21-17-5-4-15-12-23-8-7-16(15)20(17)22(2,3)18(11-13)19(14)21;1-3(6)5(8)4(2)7;/h4,6-12H,1-3H3;6,8H,1-2H3;/q-1;;/b;5-3+;. The zero-order valence-corrected chi connectivity index (χ0v) is 21.5. The number of aryl methyl sites for hydroxylation is 1. The SMILES string of the molecule is CC(=O)/C(O)=C(/C)O.Cc1cc2c3c(nccc3c1)-c1[c-]cc3cnccc3c1C2(C)C.[Ir]. The Kier molecular flexibility index (Phi) is 6.73. The minimum absolute atomic E-state index is 0. The van der Waals surface area contributed by atoms with Gasteiger partial charge in [-0.1, -0.05) is 48.4 Å². The number of pyridine rings is 2. The number of benzene rings is 2. The number of hydrogen-bond donors (Lipinski definition) is 2. The molecule has 0 atom stereocenters. The summed E-state index contributed by atoms with van der Waals surface area (Å²) in [6.45, 7) is 9.21. The number of nitrogens with zero attached hydrogens (tertiary/aromatic N) is 2. The van der Waals surface area contributed by atoms with Gasteiger partial charge in [-0.05, 0) is 53.6 Å². The number of aliphatic hydroxyl groups is 2. The van der Waals surface area contributed by atoms with Gasteiger partial charge in [0.05, 0.1) is 0 Å². The molecule has 5 rings (SSSR count). The van der Waals surface area contributed by atoms with Crippen molar-refractivity contribution in [3.63, 3.8) is 0 Å². The van der Waals surface area contributed by atoms with Gasteiger partial charge in [-0.3, -0.25) is 9.78 Å². The van der Waals surface area contributed by atoms with Crippen LogP contribution in [-0.4, -0.2) is 26.0 Å². The normalized spacial score (nSPS) is 13.8. The van der Waals surface area contributed by atoms with E-state index in [1.54, 1.807) is 0 Å². The predicted octanol–water partition coefficient (Wildman–Crippen LogP) is 6.12. The van der Waals surface area contributed by atoms with Crippen LogP contribution in [0.1, 0.15) is 44.4 Å². The molecule has 6 heteroatoms. The molecule has 0 saturated heterocycles. The summed E-state index contributed by atoms with van der Waals surface area (Å²) in [6, 6.07) is 14.3. The van der Waals surface area contributed by atoms with E-state index < -0.39 is 11.5 Å². The van der Waals surface area contributed by atoms with Crippen molar-refractivity contribution in [2.45, 2.75) is 40.0 Å². The maximum atomic E-state index is 10.1. The van der Waals surface area contributed by atoms with E-state index in [1.165, 1.54) is 46.7 Å². The Morgan fingerprint density at radius 1 is 1.06 bits per heavy atom. The van der Waals surface area contributed by atoms with Crippen molar-refractivity contribution in [3.05, 3.63) is 83.2 Å². The number of aromatic nitrogens is 2. The van der Waals surface area contributed by atoms with Crippen molar-refractivity contribution in [3.8, 4) is 11.3 Å². The van der Waals surface area contributed by atoms with E-state index in [9.17, 15) is 4.79 Å². The number of allylic oxidation sites excluding steroid dienone is 2. The first-order valence-corrected chi connectivity index (χ1v) is 10.4. The van der Waals surface area contributed by atoms with Gasteiger partial charge in [-0.25, -0.2) is 0 Å². The molecule has 2 N–H and O–H groups in total. The van der Waals surface area contributed by atoms with E-state index in [0.29, 0.717) is 0 Å². The quantitative estimate of drug-likeness (QED) is 0.153. The van der Waals surface area contributed by atoms with Crippen LogP contribution in [0.2, 0.25) is 0 Å². The number of ketones is 1. The summed E-state index contributed by atoms with van der Waals surface area (Å²) >= 11 is 0. The Balaban J connectivity index is 0.000000297. The monoisotopic (exact) mass is 618 g/mol. The number of hydrogen-bond acceptors (Lipinski definition) is 5. The molecule has 171 valence electrons. The Morgan fingerprint density at radius 3 is 2.42 bits per heavy atom. The molecule has 0 bridgehead atoms. The van der Waals surface area contributed by atoms with Crippen molar-refractivity contribution < 1.29 is 35.1 Å². The summed E-state index contributed by atoms with van der Waals surface area (Å²) in [5, 5.41) is 21.8. The predicted molar refractivity (Wildman–Crippen MR) is 127 cm³/mol. The Hall–Kier alpha value is -3.08. The molecule has 0 fully saturated rings. The largest absolute Gasteiger partial charge is 0.509 e. The van der Waals surface area contributed by atoms with Gasteiger partial charge >= 0.3 is 0 Å². The average molecular weight is 618 g/mol. The second-order valence-electron chi connectivity index (χ2n) is 8.69. The molecule has 2 aromatic carbocycles. The van der Waals surface area contributed by atoms with Crippen LogP contribution in [0.3, 0.4) is 0 Å². The van der Waals surface area contributed by atoms with Crippen molar-refractivity contribution in [1.82, 2.24) is 9.97 Å². The Morgan fingerprint density at radius 2 is 1.79 bits per heavy atom. The molecular formula is C27H25IrN2O3-. The minimum atomic E-state index is -0.565. The maximum Gasteiger partial charge on any atom is 0.197 e. The average Bonchev–Trinajstić information content (AvgIpc) is 2.76. The minimum Gasteiger partial charge on any atom is -0.509 e. The second kappa shape index (κ2) is 9.05. The fourth-order valence-corrected chi connectivity index (χ4v) is 4.48. The van der Waals surface area contributed by atoms with Crippen molar-refractivity contribution >= 4 is 27.3 Å². The molecular weight excluding hydrogens is 593 g/mol. The molecule has 4 aromatic rings. The van der Waals surface area contributed by atoms with Crippen LogP contribution >= 0.6 is 0 Å². The van der Waals surface area contributed by atoms with Gasteiger partial charge in [0.15, 0.2) is 11.5 Å². The summed E-state index contributed by atoms with van der Waals surface area (Å²) in [4.78, 5) is 19.1. The number of aliphatic hydroxyl groups excluding tert-OH is 2. The van der Waals surface area contributed by atoms with Gasteiger partial charge in [0.2, 0.25) is 0 Å². The fraction of sp³-hybridized carbons (Fsp3) is 0.222.